The Balaban J connectivity index is -0.00000000500. The van der Waals surface area contributed by atoms with Gasteiger partial charge in [-0.1, -0.05) is 0 Å². The Labute approximate surface area is 71.0 Å². The summed E-state index contributed by atoms with van der Waals surface area (Å²) in [6.45, 7) is 0. The Morgan fingerprint density at radius 3 is 1.00 bits per heavy atom. The molecule has 0 unspecified atom stereocenters. The van der Waals surface area contributed by atoms with Crippen molar-refractivity contribution in [1.82, 2.24) is 0 Å². The minimum absolute atomic E-state index is 0. The predicted molar refractivity (Wildman–Crippen MR) is 17.3 cm³/mol. The van der Waals surface area contributed by atoms with Crippen LogP contribution >= 0.6 is 0 Å². The normalized spacial score (nSPS) is 2.00. The fourth-order valence-electron chi connectivity index (χ4n) is 0. The van der Waals surface area contributed by atoms with E-state index in [-0.39, 0.29) is 41.2 Å². The first kappa shape index (κ1) is 16.0. The standard InChI is InChI=1S/Au.3Li. The quantitative estimate of drug-likeness (QED) is 0.450. The molecular formula is AuLi3. The Morgan fingerprint density at radius 1 is 1.00 bits per heavy atom. The SMILES string of the molecule is [Au].[Li].[Li][Li]. The van der Waals surface area contributed by atoms with E-state index in [0.717, 1.165) is 0 Å². The third-order valence-electron chi connectivity index (χ3n) is 0. The first-order valence-electron chi connectivity index (χ1n) is 1.00. The molecule has 0 spiro atoms. The van der Waals surface area contributed by atoms with Crippen LogP contribution < -0.4 is 0 Å². The fourth-order valence-corrected chi connectivity index (χ4v) is 0. The van der Waals surface area contributed by atoms with Crippen molar-refractivity contribution in [2.45, 2.75) is 0 Å². The molecule has 0 aliphatic rings. The zero-order valence-corrected chi connectivity index (χ0v) is 5.47. The van der Waals surface area contributed by atoms with E-state index in [9.17, 15) is 0 Å². The van der Waals surface area contributed by atoms with Crippen LogP contribution in [0.4, 0.5) is 0 Å². The monoisotopic (exact) mass is 218 g/mol. The van der Waals surface area contributed by atoms with Crippen molar-refractivity contribution in [1.29, 1.82) is 0 Å². The predicted octanol–water partition coefficient (Wildman–Crippen LogP) is -1.14. The summed E-state index contributed by atoms with van der Waals surface area (Å²) in [6, 6.07) is 0. The average molecular weight is 218 g/mol. The summed E-state index contributed by atoms with van der Waals surface area (Å²) >= 11 is 4.00. The molecule has 0 aliphatic heterocycles. The molecule has 0 nitrogen and oxygen atoms in total. The van der Waals surface area contributed by atoms with E-state index in [2.05, 4.69) is 0 Å². The summed E-state index contributed by atoms with van der Waals surface area (Å²) in [5, 5.41) is 0. The summed E-state index contributed by atoms with van der Waals surface area (Å²) in [5.74, 6) is 0. The zero-order chi connectivity index (χ0) is 2.00. The second kappa shape index (κ2) is 17.7. The van der Waals surface area contributed by atoms with E-state index in [1.807, 2.05) is 30.8 Å². The summed E-state index contributed by atoms with van der Waals surface area (Å²) in [4.78, 5) is 0. The number of hydrogen-bond acceptors (Lipinski definition) is 0. The van der Waals surface area contributed by atoms with Crippen molar-refractivity contribution in [3.63, 3.8) is 0 Å². The molecule has 0 aliphatic carbocycles. The van der Waals surface area contributed by atoms with Gasteiger partial charge < -0.3 is 0 Å². The molecule has 0 heterocycles. The molecule has 0 aromatic heterocycles. The molecule has 4 heteroatoms. The summed E-state index contributed by atoms with van der Waals surface area (Å²) in [6.07, 6.45) is 0. The van der Waals surface area contributed by atoms with Gasteiger partial charge in [0.25, 0.3) is 0 Å². The van der Waals surface area contributed by atoms with Crippen molar-refractivity contribution >= 4 is 49.6 Å². The topological polar surface area (TPSA) is 0 Å². The molecule has 0 amide bonds. The maximum atomic E-state index is 2.00. The van der Waals surface area contributed by atoms with Crippen LogP contribution in [0.1, 0.15) is 0 Å². The van der Waals surface area contributed by atoms with E-state index in [4.69, 9.17) is 0 Å². The molecule has 4 heavy (non-hydrogen) atoms. The van der Waals surface area contributed by atoms with Crippen LogP contribution in [0, 0.1) is 0 Å². The second-order valence-corrected chi connectivity index (χ2v) is 0. The summed E-state index contributed by atoms with van der Waals surface area (Å²) in [5.41, 5.74) is 0. The van der Waals surface area contributed by atoms with Crippen molar-refractivity contribution in [3.05, 3.63) is 0 Å². The molecule has 0 atom stereocenters. The van der Waals surface area contributed by atoms with Crippen LogP contribution in [-0.4, -0.2) is 49.6 Å². The molecule has 0 rings (SSSR count). The Bertz CT molecular complexity index is 3.25. The molecular weight excluding hydrogens is 218 g/mol. The van der Waals surface area contributed by atoms with E-state index >= 15 is 0 Å². The van der Waals surface area contributed by atoms with E-state index in [0.29, 0.717) is 0 Å². The van der Waals surface area contributed by atoms with Crippen LogP contribution in [0.25, 0.3) is 0 Å². The molecule has 0 fully saturated rings. The zero-order valence-electron chi connectivity index (χ0n) is 3.30. The minimum atomic E-state index is 0. The first-order valence-corrected chi connectivity index (χ1v) is 1.00. The second-order valence-electron chi connectivity index (χ2n) is 0. The van der Waals surface area contributed by atoms with Crippen molar-refractivity contribution < 1.29 is 22.4 Å². The van der Waals surface area contributed by atoms with Crippen LogP contribution in [0.15, 0.2) is 0 Å². The Morgan fingerprint density at radius 2 is 1.00 bits per heavy atom. The Hall–Kier alpha value is 2.53. The van der Waals surface area contributed by atoms with Gasteiger partial charge in [-0.3, -0.25) is 0 Å². The summed E-state index contributed by atoms with van der Waals surface area (Å²) < 4.78 is 0. The first-order chi connectivity index (χ1) is 1.00. The number of rotatable bonds is 0. The molecule has 0 aromatic carbocycles. The third kappa shape index (κ3) is 8.82. The van der Waals surface area contributed by atoms with Gasteiger partial charge in [0.2, 0.25) is 0 Å². The van der Waals surface area contributed by atoms with Gasteiger partial charge in [0, 0.05) is 41.2 Å². The maximum absolute atomic E-state index is 2.00. The molecule has 0 aromatic rings. The van der Waals surface area contributed by atoms with E-state index in [1.54, 1.807) is 0 Å². The van der Waals surface area contributed by atoms with Gasteiger partial charge in [-0.25, -0.2) is 0 Å². The van der Waals surface area contributed by atoms with Crippen LogP contribution in [0.5, 0.6) is 0 Å². The number of hydrogen-bond donors (Lipinski definition) is 0. The van der Waals surface area contributed by atoms with Crippen LogP contribution in [0.3, 0.4) is 0 Å². The van der Waals surface area contributed by atoms with E-state index in [1.165, 1.54) is 0 Å². The molecule has 2 radical (unpaired) electrons. The average Bonchev–Trinajstić information content (AvgIpc) is 1.00. The van der Waals surface area contributed by atoms with Crippen LogP contribution in [0.2, 0.25) is 0 Å². The third-order valence-corrected chi connectivity index (χ3v) is 0. The van der Waals surface area contributed by atoms with Gasteiger partial charge in [0.1, 0.15) is 0 Å². The van der Waals surface area contributed by atoms with Gasteiger partial charge in [-0.2, -0.15) is 0 Å². The molecule has 0 saturated carbocycles. The van der Waals surface area contributed by atoms with Gasteiger partial charge in [0.15, 0.2) is 0 Å². The molecule has 14 valence electrons. The van der Waals surface area contributed by atoms with Gasteiger partial charge in [-0.15, -0.1) is 0 Å². The Kier molecular flexibility index (Phi) is 71.0. The van der Waals surface area contributed by atoms with E-state index < -0.39 is 0 Å². The summed E-state index contributed by atoms with van der Waals surface area (Å²) in [7, 11) is 0. The van der Waals surface area contributed by atoms with Gasteiger partial charge >= 0.3 is 30.8 Å². The van der Waals surface area contributed by atoms with Gasteiger partial charge in [0.05, 0.1) is 0 Å². The van der Waals surface area contributed by atoms with Crippen LogP contribution in [-0.2, 0) is 22.4 Å². The van der Waals surface area contributed by atoms with Gasteiger partial charge in [-0.05, 0) is 0 Å². The molecule has 0 N–H and O–H groups in total. The fraction of sp³-hybridized carbons (Fsp3) is 0. The molecule has 0 saturated heterocycles. The van der Waals surface area contributed by atoms with Crippen molar-refractivity contribution in [2.75, 3.05) is 0 Å². The van der Waals surface area contributed by atoms with Crippen molar-refractivity contribution in [3.8, 4) is 0 Å². The van der Waals surface area contributed by atoms with Crippen molar-refractivity contribution in [2.24, 2.45) is 0 Å². The molecule has 0 bridgehead atoms.